The molecule has 0 bridgehead atoms. The van der Waals surface area contributed by atoms with Crippen LogP contribution in [0.1, 0.15) is 25.7 Å². The Morgan fingerprint density at radius 3 is 2.17 bits per heavy atom. The van der Waals surface area contributed by atoms with Crippen molar-refractivity contribution in [2.75, 3.05) is 29.6 Å². The molecule has 0 radical (unpaired) electrons. The molecule has 1 fully saturated rings. The van der Waals surface area contributed by atoms with Crippen LogP contribution in [0.2, 0.25) is 0 Å². The second-order valence-electron chi connectivity index (χ2n) is 4.68. The Balaban J connectivity index is 2.69. The Kier molecular flexibility index (Phi) is 6.08. The Bertz CT molecular complexity index is 456. The van der Waals surface area contributed by atoms with Crippen molar-refractivity contribution in [1.29, 1.82) is 0 Å². The van der Waals surface area contributed by atoms with E-state index < -0.39 is 19.9 Å². The third kappa shape index (κ3) is 5.14. The Hall–Kier alpha value is 0.340. The molecule has 1 rings (SSSR count). The minimum Gasteiger partial charge on any atom is -0.229 e. The second kappa shape index (κ2) is 6.67. The Morgan fingerprint density at radius 2 is 1.78 bits per heavy atom. The van der Waals surface area contributed by atoms with Crippen LogP contribution in [0.25, 0.3) is 0 Å². The lowest BCUT2D eigenvalue weighted by molar-refractivity contribution is 0.220. The van der Waals surface area contributed by atoms with E-state index in [1.807, 2.05) is 0 Å². The molecule has 1 saturated carbocycles. The van der Waals surface area contributed by atoms with Crippen molar-refractivity contribution in [3.05, 3.63) is 0 Å². The summed E-state index contributed by atoms with van der Waals surface area (Å²) in [6.07, 6.45) is 4.64. The van der Waals surface area contributed by atoms with Crippen molar-refractivity contribution in [3.63, 3.8) is 0 Å². The van der Waals surface area contributed by atoms with Crippen LogP contribution in [0.4, 0.5) is 0 Å². The quantitative estimate of drug-likeness (QED) is 0.604. The van der Waals surface area contributed by atoms with E-state index in [-0.39, 0.29) is 17.5 Å². The third-order valence-electron chi connectivity index (χ3n) is 3.06. The van der Waals surface area contributed by atoms with Crippen LogP contribution < -0.4 is 0 Å². The maximum absolute atomic E-state index is 12.2. The number of hydrogen-bond acceptors (Lipinski definition) is 4. The van der Waals surface area contributed by atoms with E-state index in [1.54, 1.807) is 0 Å². The summed E-state index contributed by atoms with van der Waals surface area (Å²) in [7, 11) is -6.70. The summed E-state index contributed by atoms with van der Waals surface area (Å²) < 4.78 is 48.0. The minimum absolute atomic E-state index is 0.0774. The molecule has 8 heteroatoms. The Labute approximate surface area is 118 Å². The van der Waals surface area contributed by atoms with Crippen molar-refractivity contribution < 1.29 is 16.8 Å². The molecule has 0 N–H and O–H groups in total. The van der Waals surface area contributed by atoms with Crippen molar-refractivity contribution in [2.45, 2.75) is 31.7 Å². The van der Waals surface area contributed by atoms with Crippen molar-refractivity contribution in [2.24, 2.45) is 0 Å². The van der Waals surface area contributed by atoms with Crippen molar-refractivity contribution in [1.82, 2.24) is 4.31 Å². The molecule has 0 amide bonds. The molecule has 18 heavy (non-hydrogen) atoms. The van der Waals surface area contributed by atoms with E-state index >= 15 is 0 Å². The fourth-order valence-corrected chi connectivity index (χ4v) is 5.42. The largest absolute Gasteiger partial charge is 0.229 e. The first-order valence-corrected chi connectivity index (χ1v) is 10.8. The fourth-order valence-electron chi connectivity index (χ4n) is 1.81. The van der Waals surface area contributed by atoms with Gasteiger partial charge in [0.25, 0.3) is 0 Å². The van der Waals surface area contributed by atoms with Crippen LogP contribution in [0.3, 0.4) is 0 Å². The van der Waals surface area contributed by atoms with Crippen molar-refractivity contribution >= 4 is 35.8 Å². The van der Waals surface area contributed by atoms with E-state index in [2.05, 4.69) is 15.9 Å². The van der Waals surface area contributed by atoms with E-state index in [0.29, 0.717) is 6.54 Å². The highest BCUT2D eigenvalue weighted by molar-refractivity contribution is 9.09. The van der Waals surface area contributed by atoms with Gasteiger partial charge in [-0.1, -0.05) is 22.4 Å². The van der Waals surface area contributed by atoms with Crippen LogP contribution in [0.15, 0.2) is 0 Å². The molecule has 0 spiro atoms. The maximum Gasteiger partial charge on any atom is 0.215 e. The Morgan fingerprint density at radius 1 is 1.17 bits per heavy atom. The summed E-state index contributed by atoms with van der Waals surface area (Å²) >= 11 is 3.29. The smallest absolute Gasteiger partial charge is 0.215 e. The summed E-state index contributed by atoms with van der Waals surface area (Å²) in [5.74, 6) is -0.600. The fraction of sp³-hybridized carbons (Fsp3) is 1.00. The molecule has 0 saturated heterocycles. The minimum atomic E-state index is -3.45. The molecule has 0 unspecified atom stereocenters. The molecule has 1 aliphatic rings. The zero-order valence-electron chi connectivity index (χ0n) is 10.5. The van der Waals surface area contributed by atoms with Gasteiger partial charge in [-0.15, -0.1) is 0 Å². The number of sulfone groups is 1. The van der Waals surface area contributed by atoms with Gasteiger partial charge >= 0.3 is 0 Å². The van der Waals surface area contributed by atoms with Gasteiger partial charge in [0.05, 0.1) is 11.5 Å². The summed E-state index contributed by atoms with van der Waals surface area (Å²) in [5, 5.41) is 0.748. The lowest BCUT2D eigenvalue weighted by Gasteiger charge is -2.36. The van der Waals surface area contributed by atoms with Crippen molar-refractivity contribution in [3.8, 4) is 0 Å². The number of alkyl halides is 1. The summed E-state index contributed by atoms with van der Waals surface area (Å²) in [4.78, 5) is 0. The maximum atomic E-state index is 12.2. The van der Waals surface area contributed by atoms with Gasteiger partial charge in [0.2, 0.25) is 10.0 Å². The van der Waals surface area contributed by atoms with E-state index in [9.17, 15) is 16.8 Å². The SMILES string of the molecule is CS(=O)(=O)CCS(=O)(=O)N(CCCBr)C1CCC1. The van der Waals surface area contributed by atoms with Crippen LogP contribution in [0.5, 0.6) is 0 Å². The molecule has 108 valence electrons. The zero-order valence-corrected chi connectivity index (χ0v) is 13.7. The van der Waals surface area contributed by atoms with Gasteiger partial charge < -0.3 is 0 Å². The van der Waals surface area contributed by atoms with Crippen LogP contribution >= 0.6 is 15.9 Å². The number of halogens is 1. The molecular weight excluding hydrogens is 342 g/mol. The van der Waals surface area contributed by atoms with Gasteiger partial charge in [-0.2, -0.15) is 4.31 Å². The average molecular weight is 362 g/mol. The van der Waals surface area contributed by atoms with E-state index in [1.165, 1.54) is 4.31 Å². The molecule has 1 aliphatic carbocycles. The molecule has 0 aromatic carbocycles. The van der Waals surface area contributed by atoms with E-state index in [0.717, 1.165) is 37.3 Å². The normalized spacial score (nSPS) is 17.9. The van der Waals surface area contributed by atoms with Crippen LogP contribution in [-0.2, 0) is 19.9 Å². The number of nitrogens with zero attached hydrogens (tertiary/aromatic N) is 1. The first kappa shape index (κ1) is 16.4. The van der Waals surface area contributed by atoms with Crippen LogP contribution in [-0.4, -0.2) is 56.8 Å². The monoisotopic (exact) mass is 361 g/mol. The van der Waals surface area contributed by atoms with Crippen LogP contribution in [0, 0.1) is 0 Å². The summed E-state index contributed by atoms with van der Waals surface area (Å²) in [6, 6.07) is 0.0774. The van der Waals surface area contributed by atoms with E-state index in [4.69, 9.17) is 0 Å². The summed E-state index contributed by atoms with van der Waals surface area (Å²) in [6.45, 7) is 0.474. The lowest BCUT2D eigenvalue weighted by atomic mass is 9.93. The average Bonchev–Trinajstić information content (AvgIpc) is 2.17. The number of hydrogen-bond donors (Lipinski definition) is 0. The number of sulfonamides is 1. The topological polar surface area (TPSA) is 71.5 Å². The second-order valence-corrected chi connectivity index (χ2v) is 9.78. The predicted octanol–water partition coefficient (Wildman–Crippen LogP) is 1.00. The lowest BCUT2D eigenvalue weighted by Crippen LogP contribution is -2.46. The first-order chi connectivity index (χ1) is 8.26. The molecule has 0 aliphatic heterocycles. The predicted molar refractivity (Wildman–Crippen MR) is 76.3 cm³/mol. The molecule has 0 heterocycles. The highest BCUT2D eigenvalue weighted by Gasteiger charge is 2.33. The van der Waals surface area contributed by atoms with Gasteiger partial charge in [-0.05, 0) is 19.3 Å². The van der Waals surface area contributed by atoms with Gasteiger partial charge in [0, 0.05) is 24.2 Å². The van der Waals surface area contributed by atoms with Gasteiger partial charge in [-0.25, -0.2) is 16.8 Å². The standard InChI is InChI=1S/C10H20BrNO4S2/c1-17(13,14)8-9-18(15,16)12(7-3-6-11)10-4-2-5-10/h10H,2-9H2,1H3. The zero-order chi connectivity index (χ0) is 13.8. The first-order valence-electron chi connectivity index (χ1n) is 5.99. The molecule has 5 nitrogen and oxygen atoms in total. The number of rotatable bonds is 8. The van der Waals surface area contributed by atoms with Gasteiger partial charge in [-0.3, -0.25) is 0 Å². The van der Waals surface area contributed by atoms with Gasteiger partial charge in [0.1, 0.15) is 9.84 Å². The summed E-state index contributed by atoms with van der Waals surface area (Å²) in [5.41, 5.74) is 0. The molecule has 0 aromatic heterocycles. The highest BCUT2D eigenvalue weighted by atomic mass is 79.9. The molecule has 0 atom stereocenters. The molecule has 0 aromatic rings. The van der Waals surface area contributed by atoms with Gasteiger partial charge in [0.15, 0.2) is 0 Å². The molecular formula is C10H20BrNO4S2. The highest BCUT2D eigenvalue weighted by Crippen LogP contribution is 2.27. The third-order valence-corrected chi connectivity index (χ3v) is 6.74.